The summed E-state index contributed by atoms with van der Waals surface area (Å²) in [6.07, 6.45) is 8.62. The first-order valence-electron chi connectivity index (χ1n) is 12.3. The summed E-state index contributed by atoms with van der Waals surface area (Å²) < 4.78 is 8.42. The minimum atomic E-state index is -0.143. The third-order valence-corrected chi connectivity index (χ3v) is 7.91. The maximum absolute atomic E-state index is 12.2. The molecule has 8 heteroatoms. The third kappa shape index (κ3) is 4.34. The van der Waals surface area contributed by atoms with Crippen LogP contribution in [-0.4, -0.2) is 21.6 Å². The first-order chi connectivity index (χ1) is 17.2. The molecule has 2 fully saturated rings. The number of carbonyl (C=O) groups is 1. The van der Waals surface area contributed by atoms with Gasteiger partial charge in [-0.05, 0) is 62.8 Å². The molecular formula is C27H29N5O2S. The van der Waals surface area contributed by atoms with E-state index in [9.17, 15) is 4.79 Å². The van der Waals surface area contributed by atoms with Crippen LogP contribution in [0.25, 0.3) is 22.2 Å². The first-order valence-corrected chi connectivity index (χ1v) is 13.2. The minimum Gasteiger partial charge on any atom is -0.486 e. The zero-order valence-corrected chi connectivity index (χ0v) is 20.3. The highest BCUT2D eigenvalue weighted by Gasteiger charge is 2.27. The summed E-state index contributed by atoms with van der Waals surface area (Å²) in [4.78, 5) is 16.5. The van der Waals surface area contributed by atoms with E-state index in [1.165, 1.54) is 12.8 Å². The second-order valence-corrected chi connectivity index (χ2v) is 10.4. The van der Waals surface area contributed by atoms with Crippen LogP contribution in [0.1, 0.15) is 49.6 Å². The number of nitrogen functional groups attached to an aromatic ring is 1. The van der Waals surface area contributed by atoms with Crippen molar-refractivity contribution in [2.45, 2.75) is 57.2 Å². The number of thiazole rings is 1. The molecule has 35 heavy (non-hydrogen) atoms. The highest BCUT2D eigenvalue weighted by molar-refractivity contribution is 7.09. The Labute approximate surface area is 208 Å². The van der Waals surface area contributed by atoms with Crippen molar-refractivity contribution in [2.24, 2.45) is 0 Å². The van der Waals surface area contributed by atoms with Gasteiger partial charge in [0.2, 0.25) is 0 Å². The van der Waals surface area contributed by atoms with E-state index in [-0.39, 0.29) is 6.03 Å². The standard InChI is InChI=1S/C27H29N5O2S/c28-25-22-12-11-21(34-16-24-29-13-14-35-24)15-23(22)32(20-5-2-6-20)26(25)17-7-9-19(10-8-17)31-27(33)30-18-3-1-4-18/h7-15,18,20H,1-6,16,28H2,(H2,30,31,33). The van der Waals surface area contributed by atoms with E-state index < -0.39 is 0 Å². The Hall–Kier alpha value is -3.52. The number of aromatic nitrogens is 2. The molecule has 7 nitrogen and oxygen atoms in total. The quantitative estimate of drug-likeness (QED) is 0.284. The molecule has 2 aromatic heterocycles. The molecule has 6 rings (SSSR count). The van der Waals surface area contributed by atoms with E-state index in [0.717, 1.165) is 70.0 Å². The summed E-state index contributed by atoms with van der Waals surface area (Å²) in [6, 6.07) is 14.7. The number of anilines is 2. The Morgan fingerprint density at radius 2 is 1.91 bits per heavy atom. The van der Waals surface area contributed by atoms with Crippen molar-refractivity contribution in [2.75, 3.05) is 11.1 Å². The molecule has 4 aromatic rings. The van der Waals surface area contributed by atoms with Gasteiger partial charge in [0.1, 0.15) is 17.4 Å². The molecule has 0 unspecified atom stereocenters. The van der Waals surface area contributed by atoms with Gasteiger partial charge in [-0.1, -0.05) is 12.1 Å². The molecule has 0 spiro atoms. The highest BCUT2D eigenvalue weighted by atomic mass is 32.1. The molecule has 0 radical (unpaired) electrons. The summed E-state index contributed by atoms with van der Waals surface area (Å²) >= 11 is 1.59. The number of nitrogens with zero attached hydrogens (tertiary/aromatic N) is 2. The summed E-state index contributed by atoms with van der Waals surface area (Å²) in [6.45, 7) is 0.457. The van der Waals surface area contributed by atoms with Gasteiger partial charge in [0.25, 0.3) is 0 Å². The van der Waals surface area contributed by atoms with E-state index in [4.69, 9.17) is 10.5 Å². The van der Waals surface area contributed by atoms with Crippen LogP contribution in [0.3, 0.4) is 0 Å². The molecule has 2 amide bonds. The van der Waals surface area contributed by atoms with Gasteiger partial charge >= 0.3 is 6.03 Å². The number of hydrogen-bond donors (Lipinski definition) is 3. The Morgan fingerprint density at radius 1 is 1.11 bits per heavy atom. The van der Waals surface area contributed by atoms with E-state index in [2.05, 4.69) is 32.3 Å². The van der Waals surface area contributed by atoms with Gasteiger partial charge in [0, 0.05) is 46.4 Å². The van der Waals surface area contributed by atoms with Crippen molar-refractivity contribution in [1.82, 2.24) is 14.9 Å². The Morgan fingerprint density at radius 3 is 2.57 bits per heavy atom. The molecule has 180 valence electrons. The van der Waals surface area contributed by atoms with Crippen LogP contribution in [0.5, 0.6) is 5.75 Å². The number of hydrogen-bond acceptors (Lipinski definition) is 5. The number of nitrogens with two attached hydrogens (primary N) is 1. The number of rotatable bonds is 7. The lowest BCUT2D eigenvalue weighted by Crippen LogP contribution is -2.41. The molecule has 2 saturated carbocycles. The van der Waals surface area contributed by atoms with Gasteiger partial charge in [0.05, 0.1) is 16.9 Å². The maximum Gasteiger partial charge on any atom is 0.319 e. The monoisotopic (exact) mass is 487 g/mol. The Balaban J connectivity index is 1.29. The summed E-state index contributed by atoms with van der Waals surface area (Å²) in [7, 11) is 0. The van der Waals surface area contributed by atoms with Crippen molar-refractivity contribution >= 4 is 39.6 Å². The van der Waals surface area contributed by atoms with Crippen molar-refractivity contribution in [3.05, 3.63) is 59.0 Å². The smallest absolute Gasteiger partial charge is 0.319 e. The summed E-state index contributed by atoms with van der Waals surface area (Å²) in [5, 5.41) is 9.90. The average Bonchev–Trinajstić information content (AvgIpc) is 3.41. The average molecular weight is 488 g/mol. The van der Waals surface area contributed by atoms with Crippen LogP contribution in [-0.2, 0) is 6.61 Å². The SMILES string of the molecule is Nc1c(-c2ccc(NC(=O)NC3CCC3)cc2)n(C2CCC2)c2cc(OCc3nccs3)ccc12. The fourth-order valence-corrected chi connectivity index (χ4v) is 5.34. The minimum absolute atomic E-state index is 0.143. The van der Waals surface area contributed by atoms with E-state index >= 15 is 0 Å². The molecule has 2 aromatic carbocycles. The zero-order valence-electron chi connectivity index (χ0n) is 19.5. The number of fused-ring (bicyclic) bond motifs is 1. The second-order valence-electron chi connectivity index (χ2n) is 9.41. The topological polar surface area (TPSA) is 94.2 Å². The van der Waals surface area contributed by atoms with Gasteiger partial charge in [-0.25, -0.2) is 9.78 Å². The van der Waals surface area contributed by atoms with Crippen LogP contribution in [0.4, 0.5) is 16.2 Å². The van der Waals surface area contributed by atoms with Gasteiger partial charge < -0.3 is 25.7 Å². The predicted molar refractivity (Wildman–Crippen MR) is 141 cm³/mol. The number of carbonyl (C=O) groups excluding carboxylic acids is 1. The number of benzene rings is 2. The van der Waals surface area contributed by atoms with Crippen LogP contribution in [0, 0.1) is 0 Å². The molecule has 0 bridgehead atoms. The largest absolute Gasteiger partial charge is 0.486 e. The van der Waals surface area contributed by atoms with Crippen LogP contribution in [0.2, 0.25) is 0 Å². The molecule has 0 aliphatic heterocycles. The normalized spacial score (nSPS) is 16.0. The summed E-state index contributed by atoms with van der Waals surface area (Å²) in [5.74, 6) is 0.814. The lowest BCUT2D eigenvalue weighted by atomic mass is 9.92. The Bertz CT molecular complexity index is 1340. The second kappa shape index (κ2) is 9.26. The van der Waals surface area contributed by atoms with Crippen LogP contribution >= 0.6 is 11.3 Å². The number of ether oxygens (including phenoxy) is 1. The lowest BCUT2D eigenvalue weighted by molar-refractivity contribution is 0.240. The molecule has 4 N–H and O–H groups in total. The van der Waals surface area contributed by atoms with Crippen molar-refractivity contribution < 1.29 is 9.53 Å². The Kier molecular flexibility index (Phi) is 5.82. The van der Waals surface area contributed by atoms with Crippen LogP contribution < -0.4 is 21.1 Å². The van der Waals surface area contributed by atoms with Crippen molar-refractivity contribution in [3.63, 3.8) is 0 Å². The number of nitrogens with one attached hydrogen (secondary N) is 2. The highest BCUT2D eigenvalue weighted by Crippen LogP contribution is 2.45. The molecular weight excluding hydrogens is 458 g/mol. The van der Waals surface area contributed by atoms with Crippen molar-refractivity contribution in [1.29, 1.82) is 0 Å². The molecule has 2 heterocycles. The van der Waals surface area contributed by atoms with Crippen LogP contribution in [0.15, 0.2) is 54.0 Å². The fourth-order valence-electron chi connectivity index (χ4n) is 4.81. The fraction of sp³-hybridized carbons (Fsp3) is 0.333. The summed E-state index contributed by atoms with van der Waals surface area (Å²) in [5.41, 5.74) is 11.5. The van der Waals surface area contributed by atoms with Gasteiger partial charge in [-0.15, -0.1) is 11.3 Å². The number of urea groups is 1. The predicted octanol–water partition coefficient (Wildman–Crippen LogP) is 6.33. The van der Waals surface area contributed by atoms with Crippen molar-refractivity contribution in [3.8, 4) is 17.0 Å². The van der Waals surface area contributed by atoms with Gasteiger partial charge in [-0.2, -0.15) is 0 Å². The number of amides is 2. The first kappa shape index (κ1) is 22.0. The third-order valence-electron chi connectivity index (χ3n) is 7.16. The van der Waals surface area contributed by atoms with Gasteiger partial charge in [0.15, 0.2) is 0 Å². The van der Waals surface area contributed by atoms with Gasteiger partial charge in [-0.3, -0.25) is 0 Å². The molecule has 2 aliphatic rings. The maximum atomic E-state index is 12.2. The molecule has 0 saturated heterocycles. The zero-order chi connectivity index (χ0) is 23.8. The molecule has 2 aliphatic carbocycles. The van der Waals surface area contributed by atoms with E-state index in [1.807, 2.05) is 35.7 Å². The van der Waals surface area contributed by atoms with E-state index in [1.54, 1.807) is 17.5 Å². The van der Waals surface area contributed by atoms with E-state index in [0.29, 0.717) is 18.7 Å². The lowest BCUT2D eigenvalue weighted by Gasteiger charge is -2.30. The molecule has 0 atom stereocenters.